The van der Waals surface area contributed by atoms with Gasteiger partial charge in [0.15, 0.2) is 23.6 Å². The van der Waals surface area contributed by atoms with Gasteiger partial charge in [-0.05, 0) is 67.0 Å². The lowest BCUT2D eigenvalue weighted by atomic mass is 9.44. The second kappa shape index (κ2) is 16.9. The second-order valence-corrected chi connectivity index (χ2v) is 17.9. The molecule has 16 heteroatoms. The monoisotopic (exact) mass is 887 g/mol. The summed E-state index contributed by atoms with van der Waals surface area (Å²) >= 11 is 6.16. The molecule has 4 aliphatic rings. The third-order valence-corrected chi connectivity index (χ3v) is 13.8. The number of nitrogens with one attached hydrogen (secondary N) is 1. The van der Waals surface area contributed by atoms with E-state index in [1.807, 2.05) is 0 Å². The summed E-state index contributed by atoms with van der Waals surface area (Å²) in [5, 5.41) is 40.6. The summed E-state index contributed by atoms with van der Waals surface area (Å²) in [5.41, 5.74) is -7.21. The number of fused-ring (bicyclic) bond motifs is 5. The number of rotatable bonds is 10. The van der Waals surface area contributed by atoms with Gasteiger partial charge in [0, 0.05) is 42.7 Å². The minimum Gasteiger partial charge on any atom is -0.456 e. The molecular weight excluding hydrogens is 838 g/mol. The molecule has 3 aliphatic carbocycles. The molecule has 3 aromatic rings. The van der Waals surface area contributed by atoms with Gasteiger partial charge in [0.1, 0.15) is 23.9 Å². The second-order valence-electron chi connectivity index (χ2n) is 17.5. The zero-order valence-corrected chi connectivity index (χ0v) is 36.3. The van der Waals surface area contributed by atoms with Crippen LogP contribution in [0.15, 0.2) is 96.1 Å². The highest BCUT2D eigenvalue weighted by molar-refractivity contribution is 6.30. The molecule has 3 fully saturated rings. The number of amides is 1. The smallest absolute Gasteiger partial charge is 0.338 e. The molecule has 1 aliphatic heterocycles. The van der Waals surface area contributed by atoms with E-state index in [0.717, 1.165) is 13.8 Å². The molecule has 63 heavy (non-hydrogen) atoms. The summed E-state index contributed by atoms with van der Waals surface area (Å²) in [4.78, 5) is 83.6. The van der Waals surface area contributed by atoms with E-state index in [1.165, 1.54) is 50.2 Å². The van der Waals surface area contributed by atoms with Crippen LogP contribution in [0.1, 0.15) is 86.7 Å². The molecule has 2 saturated carbocycles. The molecule has 1 saturated heterocycles. The van der Waals surface area contributed by atoms with Crippen LogP contribution in [0.4, 0.5) is 0 Å². The summed E-state index contributed by atoms with van der Waals surface area (Å²) < 4.78 is 30.3. The fourth-order valence-electron chi connectivity index (χ4n) is 10.2. The Morgan fingerprint density at radius 3 is 2.02 bits per heavy atom. The van der Waals surface area contributed by atoms with Crippen molar-refractivity contribution in [2.45, 2.75) is 108 Å². The van der Waals surface area contributed by atoms with Crippen LogP contribution in [0, 0.1) is 16.7 Å². The number of hydrogen-bond acceptors (Lipinski definition) is 14. The van der Waals surface area contributed by atoms with Crippen LogP contribution in [0.2, 0.25) is 5.02 Å². The van der Waals surface area contributed by atoms with Crippen LogP contribution < -0.4 is 5.32 Å². The van der Waals surface area contributed by atoms with Crippen molar-refractivity contribution in [3.05, 3.63) is 118 Å². The predicted octanol–water partition coefficient (Wildman–Crippen LogP) is 4.39. The van der Waals surface area contributed by atoms with Gasteiger partial charge < -0.3 is 44.3 Å². The Bertz CT molecular complexity index is 2340. The van der Waals surface area contributed by atoms with Crippen LogP contribution in [-0.4, -0.2) is 105 Å². The summed E-state index contributed by atoms with van der Waals surface area (Å²) in [6.45, 7) is 7.92. The van der Waals surface area contributed by atoms with E-state index < -0.39 is 113 Å². The van der Waals surface area contributed by atoms with Crippen molar-refractivity contribution < 1.29 is 67.8 Å². The largest absolute Gasteiger partial charge is 0.456 e. The molecule has 3 aromatic carbocycles. The van der Waals surface area contributed by atoms with Crippen molar-refractivity contribution in [2.75, 3.05) is 6.61 Å². The molecule has 1 amide bonds. The maximum absolute atomic E-state index is 15.5. The highest BCUT2D eigenvalue weighted by Gasteiger charge is 2.78. The number of ether oxygens (including phenoxy) is 5. The number of benzene rings is 3. The minimum atomic E-state index is -2.41. The van der Waals surface area contributed by atoms with Crippen LogP contribution in [0.25, 0.3) is 0 Å². The molecule has 334 valence electrons. The summed E-state index contributed by atoms with van der Waals surface area (Å²) in [7, 11) is 0. The SMILES string of the molecule is CC(=O)O[C@H]1C(=O)[C@@]2(C)C(C(OC(=O)c3ccccc3)[C@]3(O)C[C@H](OC(=O)C(O)C(NC(=O)c4ccccc4)c4ccc(Cl)cc4)C(C)=C1C3(C)C)[C@]1(OC(C)=O)CO[C@@H]1C[C@@H]2O. The standard InChI is InChI=1S/C47H50ClNO14/c1-24-31(61-43(57)36(53)35(27-17-19-30(48)20-18-27)49-41(55)28-13-9-7-10-14-28)22-47(58)40(62-42(56)29-15-11-8-12-16-29)38-45(6,32(52)21-33-46(38,23-59-33)63-26(3)51)39(54)37(60-25(2)50)34(24)44(47,4)5/h7-20,31-33,35-38,40,52-53,58H,21-23H2,1-6H3,(H,49,55)/t31-,32-,33+,35?,36?,37+,38?,40?,45+,46-,47+/m0/s1. The molecule has 7 rings (SSSR count). The van der Waals surface area contributed by atoms with Crippen molar-refractivity contribution in [2.24, 2.45) is 16.7 Å². The number of aliphatic hydroxyl groups excluding tert-OH is 2. The van der Waals surface area contributed by atoms with Crippen molar-refractivity contribution in [3.8, 4) is 0 Å². The first-order valence-electron chi connectivity index (χ1n) is 20.6. The highest BCUT2D eigenvalue weighted by Crippen LogP contribution is 2.64. The number of esters is 4. The lowest BCUT2D eigenvalue weighted by molar-refractivity contribution is -0.346. The normalized spacial score (nSPS) is 31.6. The van der Waals surface area contributed by atoms with Gasteiger partial charge in [0.25, 0.3) is 5.91 Å². The third-order valence-electron chi connectivity index (χ3n) is 13.6. The Balaban J connectivity index is 1.39. The van der Waals surface area contributed by atoms with E-state index in [2.05, 4.69) is 5.32 Å². The van der Waals surface area contributed by atoms with Gasteiger partial charge in [-0.25, -0.2) is 9.59 Å². The zero-order chi connectivity index (χ0) is 45.8. The summed E-state index contributed by atoms with van der Waals surface area (Å²) in [6.07, 6.45) is -10.7. The molecular formula is C47H50ClNO14. The van der Waals surface area contributed by atoms with Crippen LogP contribution >= 0.6 is 11.6 Å². The molecule has 0 spiro atoms. The number of carbonyl (C=O) groups excluding carboxylic acids is 6. The van der Waals surface area contributed by atoms with Gasteiger partial charge in [-0.2, -0.15) is 0 Å². The van der Waals surface area contributed by atoms with E-state index in [1.54, 1.807) is 62.4 Å². The summed E-state index contributed by atoms with van der Waals surface area (Å²) in [6, 6.07) is 20.6. The molecule has 2 bridgehead atoms. The van der Waals surface area contributed by atoms with E-state index in [0.29, 0.717) is 5.02 Å². The summed E-state index contributed by atoms with van der Waals surface area (Å²) in [5.74, 6) is -6.95. The van der Waals surface area contributed by atoms with Crippen molar-refractivity contribution >= 4 is 47.2 Å². The maximum Gasteiger partial charge on any atom is 0.338 e. The Morgan fingerprint density at radius 2 is 1.46 bits per heavy atom. The quantitative estimate of drug-likeness (QED) is 0.126. The molecule has 0 aromatic heterocycles. The predicted molar refractivity (Wildman–Crippen MR) is 223 cm³/mol. The number of carbonyl (C=O) groups is 6. The molecule has 4 N–H and O–H groups in total. The van der Waals surface area contributed by atoms with Gasteiger partial charge in [0.2, 0.25) is 0 Å². The zero-order valence-electron chi connectivity index (χ0n) is 35.5. The molecule has 11 atom stereocenters. The van der Waals surface area contributed by atoms with E-state index in [4.69, 9.17) is 35.3 Å². The lowest BCUT2D eigenvalue weighted by Gasteiger charge is -2.67. The Kier molecular flexibility index (Phi) is 12.2. The van der Waals surface area contributed by atoms with Gasteiger partial charge in [0.05, 0.1) is 35.6 Å². The van der Waals surface area contributed by atoms with Crippen molar-refractivity contribution in [3.63, 3.8) is 0 Å². The number of aliphatic hydroxyl groups is 3. The van der Waals surface area contributed by atoms with Gasteiger partial charge in [-0.1, -0.05) is 74.0 Å². The number of Topliss-reactive ketones (excluding diaryl/α,β-unsaturated/α-hetero) is 1. The number of hydrogen-bond donors (Lipinski definition) is 4. The van der Waals surface area contributed by atoms with Crippen LogP contribution in [0.3, 0.4) is 0 Å². The first-order valence-corrected chi connectivity index (χ1v) is 21.0. The fraction of sp³-hybridized carbons (Fsp3) is 0.447. The number of ketones is 1. The first-order chi connectivity index (χ1) is 29.7. The topological polar surface area (TPSA) is 221 Å². The van der Waals surface area contributed by atoms with Gasteiger partial charge in [-0.15, -0.1) is 0 Å². The van der Waals surface area contributed by atoms with Crippen LogP contribution in [0.5, 0.6) is 0 Å². The van der Waals surface area contributed by atoms with Crippen molar-refractivity contribution in [1.29, 1.82) is 0 Å². The molecule has 15 nitrogen and oxygen atoms in total. The Morgan fingerprint density at radius 1 is 0.857 bits per heavy atom. The highest BCUT2D eigenvalue weighted by atomic mass is 35.5. The Labute approximate surface area is 368 Å². The van der Waals surface area contributed by atoms with Crippen molar-refractivity contribution in [1.82, 2.24) is 5.32 Å². The third kappa shape index (κ3) is 7.73. The molecule has 4 unspecified atom stereocenters. The van der Waals surface area contributed by atoms with Gasteiger partial charge in [-0.3, -0.25) is 19.2 Å². The molecule has 0 radical (unpaired) electrons. The molecule has 1 heterocycles. The first kappa shape index (κ1) is 45.6. The van der Waals surface area contributed by atoms with E-state index in [9.17, 15) is 39.3 Å². The maximum atomic E-state index is 15.5. The van der Waals surface area contributed by atoms with E-state index >= 15 is 4.79 Å². The average Bonchev–Trinajstić information content (AvgIpc) is 3.24. The van der Waals surface area contributed by atoms with Gasteiger partial charge >= 0.3 is 23.9 Å². The minimum absolute atomic E-state index is 0.0171. The fourth-order valence-corrected chi connectivity index (χ4v) is 10.3. The lowest BCUT2D eigenvalue weighted by Crippen LogP contribution is -2.82. The average molecular weight is 888 g/mol. The van der Waals surface area contributed by atoms with Crippen LogP contribution in [-0.2, 0) is 42.9 Å². The van der Waals surface area contributed by atoms with E-state index in [-0.39, 0.29) is 40.9 Å². The number of halogens is 1. The Hall–Kier alpha value is -5.45.